The normalized spacial score (nSPS) is 32.6. The van der Waals surface area contributed by atoms with Crippen LogP contribution < -0.4 is 5.73 Å². The van der Waals surface area contributed by atoms with Crippen LogP contribution in [0.1, 0.15) is 26.7 Å². The van der Waals surface area contributed by atoms with E-state index in [2.05, 4.69) is 0 Å². The summed E-state index contributed by atoms with van der Waals surface area (Å²) in [7, 11) is -3.31. The fraction of sp³-hybridized carbons (Fsp3) is 1.00. The molecule has 2 atom stereocenters. The second kappa shape index (κ2) is 5.65. The molecule has 0 aromatic rings. The van der Waals surface area contributed by atoms with Crippen molar-refractivity contribution in [3.05, 3.63) is 0 Å². The topological polar surface area (TPSA) is 81.9 Å². The number of hydrogen-bond donors (Lipinski definition) is 1. The molecule has 6 nitrogen and oxygen atoms in total. The first kappa shape index (κ1) is 15.2. The van der Waals surface area contributed by atoms with Crippen LogP contribution >= 0.6 is 0 Å². The van der Waals surface area contributed by atoms with Gasteiger partial charge in [0.25, 0.3) is 0 Å². The van der Waals surface area contributed by atoms with Gasteiger partial charge in [-0.25, -0.2) is 8.42 Å². The summed E-state index contributed by atoms with van der Waals surface area (Å²) >= 11 is 0. The van der Waals surface area contributed by atoms with Crippen molar-refractivity contribution in [2.75, 3.05) is 32.0 Å². The largest absolute Gasteiger partial charge is 0.377 e. The lowest BCUT2D eigenvalue weighted by Gasteiger charge is -2.41. The molecule has 19 heavy (non-hydrogen) atoms. The van der Waals surface area contributed by atoms with Gasteiger partial charge in [0.15, 0.2) is 0 Å². The Labute approximate surface area is 115 Å². The molecule has 0 bridgehead atoms. The van der Waals surface area contributed by atoms with E-state index in [1.165, 1.54) is 4.31 Å². The van der Waals surface area contributed by atoms with Gasteiger partial charge in [-0.1, -0.05) is 0 Å². The number of ether oxygens (including phenoxy) is 2. The van der Waals surface area contributed by atoms with E-state index in [1.54, 1.807) is 0 Å². The molecule has 2 saturated heterocycles. The molecule has 112 valence electrons. The Hall–Kier alpha value is -0.210. The highest BCUT2D eigenvalue weighted by Crippen LogP contribution is 2.24. The molecule has 2 fully saturated rings. The molecule has 0 aliphatic carbocycles. The zero-order chi connectivity index (χ0) is 14.1. The van der Waals surface area contributed by atoms with Crippen molar-refractivity contribution in [3.8, 4) is 0 Å². The van der Waals surface area contributed by atoms with Crippen molar-refractivity contribution < 1.29 is 17.9 Å². The van der Waals surface area contributed by atoms with Crippen LogP contribution in [0.25, 0.3) is 0 Å². The molecule has 0 amide bonds. The molecule has 7 heteroatoms. The Morgan fingerprint density at radius 3 is 2.68 bits per heavy atom. The first-order chi connectivity index (χ1) is 8.82. The summed E-state index contributed by atoms with van der Waals surface area (Å²) < 4.78 is 37.6. The average Bonchev–Trinajstić information content (AvgIpc) is 2.78. The van der Waals surface area contributed by atoms with E-state index in [0.29, 0.717) is 26.2 Å². The van der Waals surface area contributed by atoms with E-state index in [0.717, 1.165) is 12.8 Å². The molecule has 2 unspecified atom stereocenters. The minimum atomic E-state index is -3.31. The Kier molecular flexibility index (Phi) is 4.52. The molecule has 2 aliphatic heterocycles. The van der Waals surface area contributed by atoms with E-state index >= 15 is 0 Å². The number of hydrogen-bond acceptors (Lipinski definition) is 5. The van der Waals surface area contributed by atoms with E-state index in [1.807, 2.05) is 13.8 Å². The number of nitrogens with zero attached hydrogens (tertiary/aromatic N) is 1. The zero-order valence-corrected chi connectivity index (χ0v) is 12.5. The van der Waals surface area contributed by atoms with E-state index in [9.17, 15) is 8.42 Å². The van der Waals surface area contributed by atoms with Crippen LogP contribution in [0.2, 0.25) is 0 Å². The molecule has 0 aromatic heterocycles. The van der Waals surface area contributed by atoms with Gasteiger partial charge in [0, 0.05) is 26.2 Å². The van der Waals surface area contributed by atoms with Crippen LogP contribution in [0.4, 0.5) is 0 Å². The number of rotatable bonds is 4. The van der Waals surface area contributed by atoms with Crippen LogP contribution in [0, 0.1) is 0 Å². The third-order valence-electron chi connectivity index (χ3n) is 3.53. The van der Waals surface area contributed by atoms with Crippen molar-refractivity contribution in [2.45, 2.75) is 44.5 Å². The molecular weight excluding hydrogens is 268 g/mol. The maximum Gasteiger partial charge on any atom is 0.216 e. The summed E-state index contributed by atoms with van der Waals surface area (Å²) in [4.78, 5) is 0. The lowest BCUT2D eigenvalue weighted by Crippen LogP contribution is -2.57. The van der Waals surface area contributed by atoms with E-state index < -0.39 is 15.6 Å². The quantitative estimate of drug-likeness (QED) is 0.784. The maximum absolute atomic E-state index is 12.4. The lowest BCUT2D eigenvalue weighted by molar-refractivity contribution is -0.112. The van der Waals surface area contributed by atoms with Gasteiger partial charge < -0.3 is 15.2 Å². The SMILES string of the molecule is CC1(C)CN(S(=O)(=O)CC2CCCO2)CC(CN)O1. The van der Waals surface area contributed by atoms with Gasteiger partial charge in [0.2, 0.25) is 10.0 Å². The molecule has 2 N–H and O–H groups in total. The van der Waals surface area contributed by atoms with Gasteiger partial charge in [-0.05, 0) is 26.7 Å². The Morgan fingerprint density at radius 2 is 2.11 bits per heavy atom. The Balaban J connectivity index is 2.05. The molecule has 0 radical (unpaired) electrons. The van der Waals surface area contributed by atoms with Gasteiger partial charge in [-0.2, -0.15) is 4.31 Å². The fourth-order valence-electron chi connectivity index (χ4n) is 2.69. The number of sulfonamides is 1. The van der Waals surface area contributed by atoms with Crippen LogP contribution in [0.15, 0.2) is 0 Å². The lowest BCUT2D eigenvalue weighted by atomic mass is 10.1. The van der Waals surface area contributed by atoms with Crippen molar-refractivity contribution in [2.24, 2.45) is 5.73 Å². The summed E-state index contributed by atoms with van der Waals surface area (Å²) in [5.74, 6) is 0.0698. The zero-order valence-electron chi connectivity index (χ0n) is 11.7. The van der Waals surface area contributed by atoms with Crippen LogP contribution in [0.5, 0.6) is 0 Å². The fourth-order valence-corrected chi connectivity index (χ4v) is 4.54. The predicted octanol–water partition coefficient (Wildman–Crippen LogP) is -0.0667. The summed E-state index contributed by atoms with van der Waals surface area (Å²) in [6.45, 7) is 5.50. The minimum absolute atomic E-state index is 0.0698. The predicted molar refractivity (Wildman–Crippen MR) is 72.3 cm³/mol. The molecule has 0 saturated carbocycles. The maximum atomic E-state index is 12.4. The molecule has 2 rings (SSSR count). The highest BCUT2D eigenvalue weighted by molar-refractivity contribution is 7.89. The van der Waals surface area contributed by atoms with E-state index in [-0.39, 0.29) is 18.0 Å². The van der Waals surface area contributed by atoms with Gasteiger partial charge in [0.05, 0.1) is 23.6 Å². The van der Waals surface area contributed by atoms with Gasteiger partial charge >= 0.3 is 0 Å². The molecular formula is C12H24N2O4S. The monoisotopic (exact) mass is 292 g/mol. The molecule has 0 spiro atoms. The van der Waals surface area contributed by atoms with Crippen molar-refractivity contribution in [1.82, 2.24) is 4.31 Å². The third-order valence-corrected chi connectivity index (χ3v) is 5.38. The second-order valence-electron chi connectivity index (χ2n) is 5.94. The first-order valence-corrected chi connectivity index (χ1v) is 8.41. The van der Waals surface area contributed by atoms with Crippen molar-refractivity contribution >= 4 is 10.0 Å². The summed E-state index contributed by atoms with van der Waals surface area (Å²) in [5, 5.41) is 0. The van der Waals surface area contributed by atoms with Crippen LogP contribution in [-0.4, -0.2) is 62.5 Å². The van der Waals surface area contributed by atoms with Gasteiger partial charge in [0.1, 0.15) is 0 Å². The number of nitrogens with two attached hydrogens (primary N) is 1. The second-order valence-corrected chi connectivity index (χ2v) is 7.95. The Bertz CT molecular complexity index is 404. The summed E-state index contributed by atoms with van der Waals surface area (Å²) in [5.41, 5.74) is 5.13. The summed E-state index contributed by atoms with van der Waals surface area (Å²) in [6.07, 6.45) is 1.38. The standard InChI is InChI=1S/C12H24N2O4S/c1-12(2)9-14(7-11(6-13)18-12)19(15,16)8-10-4-3-5-17-10/h10-11H,3-9,13H2,1-2H3. The smallest absolute Gasteiger partial charge is 0.216 e. The van der Waals surface area contributed by atoms with Crippen LogP contribution in [0.3, 0.4) is 0 Å². The Morgan fingerprint density at radius 1 is 1.37 bits per heavy atom. The van der Waals surface area contributed by atoms with E-state index in [4.69, 9.17) is 15.2 Å². The van der Waals surface area contributed by atoms with Gasteiger partial charge in [-0.15, -0.1) is 0 Å². The van der Waals surface area contributed by atoms with Gasteiger partial charge in [-0.3, -0.25) is 0 Å². The minimum Gasteiger partial charge on any atom is -0.377 e. The van der Waals surface area contributed by atoms with Crippen molar-refractivity contribution in [1.29, 1.82) is 0 Å². The van der Waals surface area contributed by atoms with Crippen LogP contribution in [-0.2, 0) is 19.5 Å². The average molecular weight is 292 g/mol. The van der Waals surface area contributed by atoms with Crippen molar-refractivity contribution in [3.63, 3.8) is 0 Å². The highest BCUT2D eigenvalue weighted by atomic mass is 32.2. The number of morpholine rings is 1. The molecule has 2 aliphatic rings. The summed E-state index contributed by atoms with van der Waals surface area (Å²) in [6, 6.07) is 0. The molecule has 0 aromatic carbocycles. The first-order valence-electron chi connectivity index (χ1n) is 6.80. The highest BCUT2D eigenvalue weighted by Gasteiger charge is 2.39. The third kappa shape index (κ3) is 3.88. The molecule has 2 heterocycles.